The van der Waals surface area contributed by atoms with Gasteiger partial charge in [0, 0.05) is 12.7 Å². The zero-order valence-corrected chi connectivity index (χ0v) is 16.5. The fraction of sp³-hybridized carbons (Fsp3) is 0.263. The monoisotopic (exact) mass is 400 g/mol. The van der Waals surface area contributed by atoms with E-state index >= 15 is 0 Å². The Morgan fingerprint density at radius 3 is 2.64 bits per heavy atom. The van der Waals surface area contributed by atoms with Crippen molar-refractivity contribution < 1.29 is 18.4 Å². The number of likely N-dealkylation sites (N-methyl/N-ethyl adjacent to an activating group) is 1. The maximum absolute atomic E-state index is 12.5. The van der Waals surface area contributed by atoms with Crippen LogP contribution in [0, 0.1) is 6.92 Å². The summed E-state index contributed by atoms with van der Waals surface area (Å²) in [6.45, 7) is 3.63. The topological polar surface area (TPSA) is 101 Å². The average molecular weight is 400 g/mol. The summed E-state index contributed by atoms with van der Waals surface area (Å²) in [7, 11) is 1.58. The van der Waals surface area contributed by atoms with Gasteiger partial charge in [0.1, 0.15) is 0 Å². The quantitative estimate of drug-likeness (QED) is 0.608. The van der Waals surface area contributed by atoms with Crippen molar-refractivity contribution in [2.45, 2.75) is 24.3 Å². The number of hydrogen-bond acceptors (Lipinski definition) is 7. The van der Waals surface area contributed by atoms with Crippen molar-refractivity contribution in [1.82, 2.24) is 15.1 Å². The van der Waals surface area contributed by atoms with E-state index in [1.54, 1.807) is 26.1 Å². The predicted molar refractivity (Wildman–Crippen MR) is 105 cm³/mol. The first-order valence-electron chi connectivity index (χ1n) is 8.58. The molecule has 0 radical (unpaired) electrons. The molecule has 0 aliphatic carbocycles. The number of carbonyl (C=O) groups is 2. The number of benzene rings is 1. The third kappa shape index (κ3) is 5.01. The van der Waals surface area contributed by atoms with Gasteiger partial charge in [0.15, 0.2) is 5.76 Å². The summed E-state index contributed by atoms with van der Waals surface area (Å²) in [5.74, 6) is 0.220. The Balaban J connectivity index is 1.52. The largest absolute Gasteiger partial charge is 0.459 e. The van der Waals surface area contributed by atoms with Crippen LogP contribution >= 0.6 is 11.8 Å². The number of nitrogens with zero attached hydrogens (tertiary/aromatic N) is 3. The Bertz CT molecular complexity index is 937. The Hall–Kier alpha value is -3.07. The number of anilines is 1. The van der Waals surface area contributed by atoms with Gasteiger partial charge in [-0.2, -0.15) is 0 Å². The van der Waals surface area contributed by atoms with E-state index in [0.29, 0.717) is 11.4 Å². The first kappa shape index (κ1) is 19.7. The van der Waals surface area contributed by atoms with Crippen molar-refractivity contribution in [2.24, 2.45) is 0 Å². The zero-order chi connectivity index (χ0) is 20.1. The molecule has 8 nitrogen and oxygen atoms in total. The zero-order valence-electron chi connectivity index (χ0n) is 15.7. The summed E-state index contributed by atoms with van der Waals surface area (Å²) in [5.41, 5.74) is 1.79. The molecule has 1 aromatic carbocycles. The molecular weight excluding hydrogens is 380 g/mol. The van der Waals surface area contributed by atoms with Crippen LogP contribution in [0.4, 0.5) is 5.69 Å². The van der Waals surface area contributed by atoms with Crippen LogP contribution in [0.5, 0.6) is 0 Å². The number of furan rings is 1. The average Bonchev–Trinajstić information content (AvgIpc) is 3.34. The second kappa shape index (κ2) is 8.75. The lowest BCUT2D eigenvalue weighted by Crippen LogP contribution is -2.38. The minimum atomic E-state index is -0.498. The van der Waals surface area contributed by atoms with Gasteiger partial charge in [-0.15, -0.1) is 10.2 Å². The number of aryl methyl sites for hydroxylation is 1. The molecule has 0 aliphatic heterocycles. The van der Waals surface area contributed by atoms with E-state index in [1.807, 2.05) is 31.2 Å². The molecule has 2 amide bonds. The van der Waals surface area contributed by atoms with Crippen LogP contribution in [-0.4, -0.2) is 45.8 Å². The molecule has 3 rings (SSSR count). The van der Waals surface area contributed by atoms with Gasteiger partial charge in [0.2, 0.25) is 11.8 Å². The molecule has 0 spiro atoms. The number of nitrogens with one attached hydrogen (secondary N) is 1. The lowest BCUT2D eigenvalue weighted by molar-refractivity contribution is -0.132. The normalized spacial score (nSPS) is 11.8. The molecule has 0 saturated heterocycles. The van der Waals surface area contributed by atoms with Gasteiger partial charge in [-0.3, -0.25) is 9.59 Å². The smallest absolute Gasteiger partial charge is 0.284 e. The van der Waals surface area contributed by atoms with Gasteiger partial charge in [0.05, 0.1) is 18.1 Å². The van der Waals surface area contributed by atoms with E-state index in [0.717, 1.165) is 17.3 Å². The third-order valence-corrected chi connectivity index (χ3v) is 4.78. The number of carbonyl (C=O) groups excluding carboxylic acids is 2. The summed E-state index contributed by atoms with van der Waals surface area (Å²) in [6, 6.07) is 10.9. The Kier molecular flexibility index (Phi) is 6.15. The van der Waals surface area contributed by atoms with Gasteiger partial charge < -0.3 is 19.1 Å². The molecule has 0 fully saturated rings. The maximum atomic E-state index is 12.5. The number of rotatable bonds is 7. The second-order valence-corrected chi connectivity index (χ2v) is 7.51. The fourth-order valence-corrected chi connectivity index (χ4v) is 3.20. The summed E-state index contributed by atoms with van der Waals surface area (Å²) < 4.78 is 10.7. The van der Waals surface area contributed by atoms with Crippen molar-refractivity contribution in [3.63, 3.8) is 0 Å². The number of thioether (sulfide) groups is 1. The Morgan fingerprint density at radius 2 is 1.96 bits per heavy atom. The lowest BCUT2D eigenvalue weighted by Gasteiger charge is -2.19. The van der Waals surface area contributed by atoms with Gasteiger partial charge in [-0.1, -0.05) is 29.5 Å². The molecule has 0 unspecified atom stereocenters. The SMILES string of the molecule is Cc1ccc(NC(=O)CN(C)C(=O)[C@H](C)Sc2nnc(-c3ccco3)o2)cc1. The summed E-state index contributed by atoms with van der Waals surface area (Å²) in [5, 5.41) is 10.3. The second-order valence-electron chi connectivity index (χ2n) is 6.22. The lowest BCUT2D eigenvalue weighted by atomic mass is 10.2. The highest BCUT2D eigenvalue weighted by atomic mass is 32.2. The van der Waals surface area contributed by atoms with Crippen LogP contribution in [0.1, 0.15) is 12.5 Å². The number of amides is 2. The molecule has 2 aromatic heterocycles. The van der Waals surface area contributed by atoms with Gasteiger partial charge in [0.25, 0.3) is 11.1 Å². The van der Waals surface area contributed by atoms with E-state index in [1.165, 1.54) is 11.2 Å². The van der Waals surface area contributed by atoms with Gasteiger partial charge in [-0.05, 0) is 38.1 Å². The van der Waals surface area contributed by atoms with Crippen molar-refractivity contribution in [2.75, 3.05) is 18.9 Å². The minimum Gasteiger partial charge on any atom is -0.459 e. The van der Waals surface area contributed by atoms with Crippen molar-refractivity contribution in [1.29, 1.82) is 0 Å². The van der Waals surface area contributed by atoms with Crippen LogP contribution in [0.15, 0.2) is 56.7 Å². The van der Waals surface area contributed by atoms with Crippen LogP contribution in [0.2, 0.25) is 0 Å². The van der Waals surface area contributed by atoms with Crippen LogP contribution < -0.4 is 5.32 Å². The third-order valence-electron chi connectivity index (χ3n) is 3.86. The molecule has 28 heavy (non-hydrogen) atoms. The summed E-state index contributed by atoms with van der Waals surface area (Å²) >= 11 is 1.13. The van der Waals surface area contributed by atoms with Gasteiger partial charge in [-0.25, -0.2) is 0 Å². The minimum absolute atomic E-state index is 0.0565. The predicted octanol–water partition coefficient (Wildman–Crippen LogP) is 3.22. The van der Waals surface area contributed by atoms with Crippen molar-refractivity contribution >= 4 is 29.3 Å². The van der Waals surface area contributed by atoms with Crippen LogP contribution in [-0.2, 0) is 9.59 Å². The van der Waals surface area contributed by atoms with E-state index in [2.05, 4.69) is 15.5 Å². The van der Waals surface area contributed by atoms with E-state index in [-0.39, 0.29) is 29.5 Å². The molecule has 146 valence electrons. The van der Waals surface area contributed by atoms with Crippen LogP contribution in [0.25, 0.3) is 11.7 Å². The Morgan fingerprint density at radius 1 is 1.21 bits per heavy atom. The molecule has 9 heteroatoms. The summed E-state index contributed by atoms with van der Waals surface area (Å²) in [6.07, 6.45) is 1.51. The standard InChI is InChI=1S/C19H20N4O4S/c1-12-6-8-14(9-7-12)20-16(24)11-23(3)18(25)13(2)28-19-22-21-17(27-19)15-5-4-10-26-15/h4-10,13H,11H2,1-3H3,(H,20,24)/t13-/m0/s1. The molecule has 3 aromatic rings. The highest BCUT2D eigenvalue weighted by Crippen LogP contribution is 2.27. The first-order chi connectivity index (χ1) is 13.4. The van der Waals surface area contributed by atoms with Crippen molar-refractivity contribution in [3.05, 3.63) is 48.2 Å². The molecule has 1 atom stereocenters. The molecule has 0 saturated carbocycles. The Labute approximate surface area is 166 Å². The highest BCUT2D eigenvalue weighted by Gasteiger charge is 2.23. The number of aromatic nitrogens is 2. The molecule has 2 heterocycles. The van der Waals surface area contributed by atoms with Crippen molar-refractivity contribution in [3.8, 4) is 11.7 Å². The molecular formula is C19H20N4O4S. The summed E-state index contributed by atoms with van der Waals surface area (Å²) in [4.78, 5) is 26.1. The fourth-order valence-electron chi connectivity index (χ4n) is 2.40. The highest BCUT2D eigenvalue weighted by molar-refractivity contribution is 8.00. The first-order valence-corrected chi connectivity index (χ1v) is 9.46. The van der Waals surface area contributed by atoms with E-state index in [4.69, 9.17) is 8.83 Å². The van der Waals surface area contributed by atoms with Gasteiger partial charge >= 0.3 is 0 Å². The molecule has 0 aliphatic rings. The molecule has 0 bridgehead atoms. The maximum Gasteiger partial charge on any atom is 0.284 e. The van der Waals surface area contributed by atoms with E-state index in [9.17, 15) is 9.59 Å². The molecule has 1 N–H and O–H groups in total. The van der Waals surface area contributed by atoms with Crippen LogP contribution in [0.3, 0.4) is 0 Å². The van der Waals surface area contributed by atoms with E-state index < -0.39 is 5.25 Å². The number of hydrogen-bond donors (Lipinski definition) is 1.